The van der Waals surface area contributed by atoms with Crippen molar-refractivity contribution in [2.45, 2.75) is 59.0 Å². The third-order valence-electron chi connectivity index (χ3n) is 6.38. The summed E-state index contributed by atoms with van der Waals surface area (Å²) in [7, 11) is 0. The average molecular weight is 439 g/mol. The standard InChI is InChI=1S/C24H30N4O2S/c1-15-16(2)31-23-21(15)22(30)26-19(27-23)9-10-20(29)25-14-24(3,4)28-12-11-17-7-5-6-8-18(17)13-28/h5-8H,9-14H2,1-4H3,(H,25,29)(H,26,27,30). The molecule has 0 atom stereocenters. The van der Waals surface area contributed by atoms with Gasteiger partial charge in [-0.1, -0.05) is 24.3 Å². The molecule has 3 heterocycles. The summed E-state index contributed by atoms with van der Waals surface area (Å²) in [6.45, 7) is 10.8. The quantitative estimate of drug-likeness (QED) is 0.618. The van der Waals surface area contributed by atoms with Crippen LogP contribution < -0.4 is 10.9 Å². The molecule has 0 spiro atoms. The van der Waals surface area contributed by atoms with Crippen LogP contribution >= 0.6 is 11.3 Å². The van der Waals surface area contributed by atoms with Crippen molar-refractivity contribution in [3.63, 3.8) is 0 Å². The largest absolute Gasteiger partial charge is 0.354 e. The predicted octanol–water partition coefficient (Wildman–Crippen LogP) is 3.49. The van der Waals surface area contributed by atoms with Gasteiger partial charge in [-0.05, 0) is 50.8 Å². The van der Waals surface area contributed by atoms with Gasteiger partial charge in [0, 0.05) is 42.9 Å². The number of hydrogen-bond donors (Lipinski definition) is 2. The van der Waals surface area contributed by atoms with Gasteiger partial charge >= 0.3 is 0 Å². The van der Waals surface area contributed by atoms with E-state index in [0.717, 1.165) is 34.8 Å². The molecule has 0 saturated heterocycles. The van der Waals surface area contributed by atoms with E-state index in [-0.39, 0.29) is 17.0 Å². The van der Waals surface area contributed by atoms with Crippen LogP contribution in [0.15, 0.2) is 29.1 Å². The molecule has 0 bridgehead atoms. The normalized spacial score (nSPS) is 14.6. The second kappa shape index (κ2) is 8.55. The summed E-state index contributed by atoms with van der Waals surface area (Å²) < 4.78 is 0. The van der Waals surface area contributed by atoms with E-state index in [1.54, 1.807) is 0 Å². The van der Waals surface area contributed by atoms with Crippen molar-refractivity contribution < 1.29 is 4.79 Å². The molecule has 4 rings (SSSR count). The van der Waals surface area contributed by atoms with Gasteiger partial charge in [0.1, 0.15) is 10.7 Å². The molecule has 6 nitrogen and oxygen atoms in total. The van der Waals surface area contributed by atoms with Crippen molar-refractivity contribution in [1.82, 2.24) is 20.2 Å². The Labute approximate surface area is 186 Å². The summed E-state index contributed by atoms with van der Waals surface area (Å²) in [6.07, 6.45) is 1.76. The van der Waals surface area contributed by atoms with Crippen LogP contribution in [0, 0.1) is 13.8 Å². The minimum Gasteiger partial charge on any atom is -0.354 e. The molecular weight excluding hydrogens is 408 g/mol. The number of aryl methyl sites for hydroxylation is 3. The highest BCUT2D eigenvalue weighted by molar-refractivity contribution is 7.18. The third-order valence-corrected chi connectivity index (χ3v) is 7.48. The second-order valence-electron chi connectivity index (χ2n) is 9.01. The monoisotopic (exact) mass is 438 g/mol. The SMILES string of the molecule is Cc1sc2nc(CCC(=O)NCC(C)(C)N3CCc4ccccc4C3)[nH]c(=O)c2c1C. The van der Waals surface area contributed by atoms with Gasteiger partial charge in [0.25, 0.3) is 5.56 Å². The van der Waals surface area contributed by atoms with Gasteiger partial charge < -0.3 is 10.3 Å². The topological polar surface area (TPSA) is 78.1 Å². The zero-order chi connectivity index (χ0) is 22.2. The maximum Gasteiger partial charge on any atom is 0.259 e. The molecule has 3 aromatic rings. The summed E-state index contributed by atoms with van der Waals surface area (Å²) in [5, 5.41) is 3.75. The van der Waals surface area contributed by atoms with Gasteiger partial charge in [-0.3, -0.25) is 14.5 Å². The van der Waals surface area contributed by atoms with Gasteiger partial charge in [-0.2, -0.15) is 0 Å². The maximum absolute atomic E-state index is 12.5. The van der Waals surface area contributed by atoms with E-state index in [4.69, 9.17) is 0 Å². The molecule has 0 saturated carbocycles. The average Bonchev–Trinajstić information content (AvgIpc) is 3.04. The Morgan fingerprint density at radius 1 is 1.26 bits per heavy atom. The van der Waals surface area contributed by atoms with Crippen LogP contribution in [0.25, 0.3) is 10.2 Å². The Bertz CT molecular complexity index is 1180. The summed E-state index contributed by atoms with van der Waals surface area (Å²) in [4.78, 5) is 36.6. The molecule has 0 fully saturated rings. The molecule has 0 aliphatic carbocycles. The van der Waals surface area contributed by atoms with Crippen LogP contribution in [0.1, 0.15) is 47.7 Å². The molecule has 2 aromatic heterocycles. The number of aromatic amines is 1. The number of fused-ring (bicyclic) bond motifs is 2. The van der Waals surface area contributed by atoms with E-state index in [0.29, 0.717) is 30.6 Å². The number of amides is 1. The number of aromatic nitrogens is 2. The Hall–Kier alpha value is -2.51. The highest BCUT2D eigenvalue weighted by atomic mass is 32.1. The summed E-state index contributed by atoms with van der Waals surface area (Å²) >= 11 is 1.53. The maximum atomic E-state index is 12.5. The number of hydrogen-bond acceptors (Lipinski definition) is 5. The number of benzene rings is 1. The molecule has 2 N–H and O–H groups in total. The first-order valence-electron chi connectivity index (χ1n) is 10.8. The first kappa shape index (κ1) is 21.7. The zero-order valence-corrected chi connectivity index (χ0v) is 19.5. The lowest BCUT2D eigenvalue weighted by molar-refractivity contribution is -0.121. The number of nitrogens with one attached hydrogen (secondary N) is 2. The van der Waals surface area contributed by atoms with Crippen LogP contribution in [0.5, 0.6) is 0 Å². The Morgan fingerprint density at radius 2 is 2.00 bits per heavy atom. The minimum atomic E-state index is -0.138. The lowest BCUT2D eigenvalue weighted by atomic mass is 9.94. The highest BCUT2D eigenvalue weighted by Crippen LogP contribution is 2.26. The molecule has 31 heavy (non-hydrogen) atoms. The van der Waals surface area contributed by atoms with Crippen molar-refractivity contribution in [1.29, 1.82) is 0 Å². The molecular formula is C24H30N4O2S. The van der Waals surface area contributed by atoms with Crippen molar-refractivity contribution in [2.24, 2.45) is 0 Å². The summed E-state index contributed by atoms with van der Waals surface area (Å²) in [5.74, 6) is 0.549. The number of rotatable bonds is 6. The summed E-state index contributed by atoms with van der Waals surface area (Å²) in [5.41, 5.74) is 3.53. The van der Waals surface area contributed by atoms with E-state index in [1.807, 2.05) is 13.8 Å². The van der Waals surface area contributed by atoms with Gasteiger partial charge in [0.05, 0.1) is 5.39 Å². The zero-order valence-electron chi connectivity index (χ0n) is 18.7. The van der Waals surface area contributed by atoms with Crippen LogP contribution in [-0.2, 0) is 24.2 Å². The first-order valence-corrected chi connectivity index (χ1v) is 11.6. The molecule has 164 valence electrons. The minimum absolute atomic E-state index is 0.0215. The molecule has 1 aromatic carbocycles. The highest BCUT2D eigenvalue weighted by Gasteiger charge is 2.30. The van der Waals surface area contributed by atoms with E-state index < -0.39 is 0 Å². The van der Waals surface area contributed by atoms with Crippen molar-refractivity contribution >= 4 is 27.5 Å². The van der Waals surface area contributed by atoms with Crippen LogP contribution in [-0.4, -0.2) is 39.4 Å². The fourth-order valence-corrected chi connectivity index (χ4v) is 5.23. The molecule has 0 unspecified atom stereocenters. The van der Waals surface area contributed by atoms with E-state index in [1.165, 1.54) is 22.5 Å². The molecule has 1 aliphatic rings. The number of carbonyl (C=O) groups excluding carboxylic acids is 1. The third kappa shape index (κ3) is 4.57. The van der Waals surface area contributed by atoms with Crippen LogP contribution in [0.2, 0.25) is 0 Å². The van der Waals surface area contributed by atoms with E-state index in [2.05, 4.69) is 58.3 Å². The van der Waals surface area contributed by atoms with Gasteiger partial charge in [0.15, 0.2) is 0 Å². The Kier molecular flexibility index (Phi) is 5.99. The lowest BCUT2D eigenvalue weighted by Crippen LogP contribution is -2.53. The van der Waals surface area contributed by atoms with E-state index >= 15 is 0 Å². The molecule has 7 heteroatoms. The van der Waals surface area contributed by atoms with Crippen molar-refractivity contribution in [2.75, 3.05) is 13.1 Å². The molecule has 1 amide bonds. The number of thiophene rings is 1. The van der Waals surface area contributed by atoms with Crippen molar-refractivity contribution in [3.8, 4) is 0 Å². The fraction of sp³-hybridized carbons (Fsp3) is 0.458. The predicted molar refractivity (Wildman–Crippen MR) is 126 cm³/mol. The second-order valence-corrected chi connectivity index (χ2v) is 10.2. The van der Waals surface area contributed by atoms with Gasteiger partial charge in [-0.25, -0.2) is 4.98 Å². The fourth-order valence-electron chi connectivity index (χ4n) is 4.18. The smallest absolute Gasteiger partial charge is 0.259 e. The molecule has 0 radical (unpaired) electrons. The number of nitrogens with zero attached hydrogens (tertiary/aromatic N) is 2. The van der Waals surface area contributed by atoms with Crippen LogP contribution in [0.3, 0.4) is 0 Å². The summed E-state index contributed by atoms with van der Waals surface area (Å²) in [6, 6.07) is 8.58. The lowest BCUT2D eigenvalue weighted by Gasteiger charge is -2.41. The van der Waals surface area contributed by atoms with Gasteiger partial charge in [-0.15, -0.1) is 11.3 Å². The number of H-pyrrole nitrogens is 1. The number of carbonyl (C=O) groups is 1. The van der Waals surface area contributed by atoms with Crippen molar-refractivity contribution in [3.05, 3.63) is 62.0 Å². The first-order chi connectivity index (χ1) is 14.7. The Morgan fingerprint density at radius 3 is 2.77 bits per heavy atom. The molecule has 1 aliphatic heterocycles. The van der Waals surface area contributed by atoms with Crippen LogP contribution in [0.4, 0.5) is 0 Å². The van der Waals surface area contributed by atoms with Gasteiger partial charge in [0.2, 0.25) is 5.91 Å². The Balaban J connectivity index is 1.33. The van der Waals surface area contributed by atoms with E-state index in [9.17, 15) is 9.59 Å².